The largest absolute Gasteiger partial charge is 0.478 e. The number of aromatic nitrogens is 1. The molecule has 0 fully saturated rings. The predicted molar refractivity (Wildman–Crippen MR) is 86.9 cm³/mol. The van der Waals surface area contributed by atoms with Gasteiger partial charge in [-0.2, -0.15) is 0 Å². The molecule has 0 aliphatic heterocycles. The van der Waals surface area contributed by atoms with Crippen LogP contribution in [0, 0.1) is 5.82 Å². The number of hydrogen-bond acceptors (Lipinski definition) is 4. The third-order valence-electron chi connectivity index (χ3n) is 2.93. The van der Waals surface area contributed by atoms with Gasteiger partial charge in [0.05, 0.1) is 9.21 Å². The summed E-state index contributed by atoms with van der Waals surface area (Å²) in [5.74, 6) is -0.767. The van der Waals surface area contributed by atoms with Crippen molar-refractivity contribution in [1.29, 1.82) is 0 Å². The van der Waals surface area contributed by atoms with Crippen molar-refractivity contribution in [3.63, 3.8) is 0 Å². The molecule has 0 radical (unpaired) electrons. The highest BCUT2D eigenvalue weighted by Crippen LogP contribution is 2.36. The van der Waals surface area contributed by atoms with Crippen molar-refractivity contribution in [2.24, 2.45) is 0 Å². The van der Waals surface area contributed by atoms with Crippen LogP contribution in [0.3, 0.4) is 0 Å². The summed E-state index contributed by atoms with van der Waals surface area (Å²) in [5.41, 5.74) is 0.954. The lowest BCUT2D eigenvalue weighted by Crippen LogP contribution is -1.86. The van der Waals surface area contributed by atoms with Crippen LogP contribution in [0.2, 0.25) is 4.34 Å². The second kappa shape index (κ2) is 6.36. The molecule has 0 saturated heterocycles. The van der Waals surface area contributed by atoms with Gasteiger partial charge in [-0.15, -0.1) is 11.3 Å². The molecule has 4 nitrogen and oxygen atoms in total. The fourth-order valence-electron chi connectivity index (χ4n) is 1.92. The molecular weight excluding hydrogens is 341 g/mol. The van der Waals surface area contributed by atoms with Gasteiger partial charge in [-0.3, -0.25) is 0 Å². The van der Waals surface area contributed by atoms with Crippen LogP contribution in [0.15, 0.2) is 46.9 Å². The maximum absolute atomic E-state index is 13.0. The van der Waals surface area contributed by atoms with Gasteiger partial charge in [-0.1, -0.05) is 11.6 Å². The molecule has 3 rings (SSSR count). The first kappa shape index (κ1) is 15.5. The number of rotatable bonds is 4. The van der Waals surface area contributed by atoms with Crippen molar-refractivity contribution in [1.82, 2.24) is 4.98 Å². The van der Waals surface area contributed by atoms with E-state index in [4.69, 9.17) is 21.1 Å². The van der Waals surface area contributed by atoms with Crippen molar-refractivity contribution in [3.05, 3.63) is 58.3 Å². The molecular formula is C16H9ClFNO3S. The molecule has 2 aromatic heterocycles. The molecule has 7 heteroatoms. The molecule has 0 atom stereocenters. The van der Waals surface area contributed by atoms with E-state index in [9.17, 15) is 9.18 Å². The zero-order chi connectivity index (χ0) is 16.4. The zero-order valence-electron chi connectivity index (χ0n) is 11.5. The van der Waals surface area contributed by atoms with Gasteiger partial charge < -0.3 is 9.52 Å². The number of oxazole rings is 1. The van der Waals surface area contributed by atoms with Gasteiger partial charge in [0, 0.05) is 11.6 Å². The first-order valence-corrected chi connectivity index (χ1v) is 7.66. The second-order valence-corrected chi connectivity index (χ2v) is 6.23. The van der Waals surface area contributed by atoms with Crippen molar-refractivity contribution >= 4 is 35.0 Å². The van der Waals surface area contributed by atoms with Crippen molar-refractivity contribution in [2.75, 3.05) is 0 Å². The summed E-state index contributed by atoms with van der Waals surface area (Å²) in [6, 6.07) is 9.16. The Bertz CT molecular complexity index is 883. The van der Waals surface area contributed by atoms with Crippen LogP contribution in [-0.2, 0) is 4.79 Å². The summed E-state index contributed by atoms with van der Waals surface area (Å²) >= 11 is 7.22. The van der Waals surface area contributed by atoms with Crippen LogP contribution in [-0.4, -0.2) is 16.1 Å². The minimum atomic E-state index is -1.09. The highest BCUT2D eigenvalue weighted by atomic mass is 35.5. The number of hydrogen-bond donors (Lipinski definition) is 1. The van der Waals surface area contributed by atoms with Crippen LogP contribution in [0.5, 0.6) is 0 Å². The van der Waals surface area contributed by atoms with Gasteiger partial charge in [0.2, 0.25) is 5.89 Å². The Morgan fingerprint density at radius 3 is 2.61 bits per heavy atom. The van der Waals surface area contributed by atoms with E-state index >= 15 is 0 Å². The predicted octanol–water partition coefficient (Wildman–Crippen LogP) is 4.96. The fourth-order valence-corrected chi connectivity index (χ4v) is 2.96. The first-order chi connectivity index (χ1) is 11.0. The third kappa shape index (κ3) is 3.49. The van der Waals surface area contributed by atoms with Gasteiger partial charge in [0.25, 0.3) is 0 Å². The Labute approximate surface area is 139 Å². The number of halogens is 2. The molecule has 1 N–H and O–H groups in total. The van der Waals surface area contributed by atoms with Crippen molar-refractivity contribution in [2.45, 2.75) is 0 Å². The highest BCUT2D eigenvalue weighted by Gasteiger charge is 2.16. The van der Waals surface area contributed by atoms with Crippen LogP contribution in [0.25, 0.3) is 28.2 Å². The second-order valence-electron chi connectivity index (χ2n) is 4.52. The first-order valence-electron chi connectivity index (χ1n) is 6.46. The van der Waals surface area contributed by atoms with E-state index in [0.29, 0.717) is 21.4 Å². The minimum absolute atomic E-state index is 0.273. The Balaban J connectivity index is 2.09. The lowest BCUT2D eigenvalue weighted by Gasteiger charge is -1.94. The molecule has 0 bridgehead atoms. The van der Waals surface area contributed by atoms with E-state index in [1.165, 1.54) is 41.7 Å². The van der Waals surface area contributed by atoms with Crippen molar-refractivity contribution < 1.29 is 18.7 Å². The molecule has 0 spiro atoms. The van der Waals surface area contributed by atoms with Gasteiger partial charge in [-0.25, -0.2) is 14.2 Å². The van der Waals surface area contributed by atoms with E-state index in [1.807, 2.05) is 0 Å². The van der Waals surface area contributed by atoms with E-state index in [2.05, 4.69) is 4.98 Å². The van der Waals surface area contributed by atoms with Gasteiger partial charge >= 0.3 is 5.97 Å². The molecule has 0 aliphatic carbocycles. The Hall–Kier alpha value is -2.44. The average molecular weight is 350 g/mol. The summed E-state index contributed by atoms with van der Waals surface area (Å²) < 4.78 is 19.3. The average Bonchev–Trinajstić information content (AvgIpc) is 3.12. The van der Waals surface area contributed by atoms with E-state index in [-0.39, 0.29) is 11.7 Å². The normalized spacial score (nSPS) is 11.2. The van der Waals surface area contributed by atoms with Gasteiger partial charge in [0.1, 0.15) is 11.5 Å². The topological polar surface area (TPSA) is 63.3 Å². The molecule has 23 heavy (non-hydrogen) atoms. The maximum Gasteiger partial charge on any atom is 0.328 e. The Morgan fingerprint density at radius 1 is 1.26 bits per heavy atom. The van der Waals surface area contributed by atoms with Crippen LogP contribution < -0.4 is 0 Å². The SMILES string of the molecule is O=C(O)C=Cc1nc(-c2ccc(F)cc2)oc1-c1ccc(Cl)s1. The molecule has 0 saturated carbocycles. The molecule has 0 unspecified atom stereocenters. The molecule has 116 valence electrons. The fraction of sp³-hybridized carbons (Fsp3) is 0. The molecule has 0 amide bonds. The highest BCUT2D eigenvalue weighted by molar-refractivity contribution is 7.19. The molecule has 3 aromatic rings. The number of carbonyl (C=O) groups is 1. The standard InChI is InChI=1S/C16H9ClFNO3S/c17-13-7-6-12(23-13)15-11(5-8-14(20)21)19-16(22-15)9-1-3-10(18)4-2-9/h1-8H,(H,20,21). The summed E-state index contributed by atoms with van der Waals surface area (Å²) in [6.07, 6.45) is 2.33. The van der Waals surface area contributed by atoms with Crippen LogP contribution in [0.1, 0.15) is 5.69 Å². The molecule has 0 aliphatic rings. The number of benzene rings is 1. The lowest BCUT2D eigenvalue weighted by atomic mass is 10.2. The smallest absolute Gasteiger partial charge is 0.328 e. The quantitative estimate of drug-likeness (QED) is 0.676. The van der Waals surface area contributed by atoms with Gasteiger partial charge in [0.15, 0.2) is 5.76 Å². The summed E-state index contributed by atoms with van der Waals surface area (Å²) in [6.45, 7) is 0. The number of carboxylic acids is 1. The summed E-state index contributed by atoms with van der Waals surface area (Å²) in [4.78, 5) is 15.7. The van der Waals surface area contributed by atoms with E-state index in [1.54, 1.807) is 12.1 Å². The van der Waals surface area contributed by atoms with E-state index < -0.39 is 5.97 Å². The van der Waals surface area contributed by atoms with Crippen LogP contribution in [0.4, 0.5) is 4.39 Å². The van der Waals surface area contributed by atoms with Crippen LogP contribution >= 0.6 is 22.9 Å². The summed E-state index contributed by atoms with van der Waals surface area (Å²) in [7, 11) is 0. The number of nitrogens with zero attached hydrogens (tertiary/aromatic N) is 1. The molecule has 2 heterocycles. The maximum atomic E-state index is 13.0. The Kier molecular flexibility index (Phi) is 4.27. The minimum Gasteiger partial charge on any atom is -0.478 e. The zero-order valence-corrected chi connectivity index (χ0v) is 13.1. The van der Waals surface area contributed by atoms with E-state index in [0.717, 1.165) is 11.0 Å². The monoisotopic (exact) mass is 349 g/mol. The number of aliphatic carboxylic acids is 1. The Morgan fingerprint density at radius 2 is 2.00 bits per heavy atom. The number of thiophene rings is 1. The van der Waals surface area contributed by atoms with Crippen molar-refractivity contribution in [3.8, 4) is 22.1 Å². The number of carboxylic acid groups (broad SMARTS) is 1. The molecule has 1 aromatic carbocycles. The summed E-state index contributed by atoms with van der Waals surface area (Å²) in [5, 5.41) is 8.79. The lowest BCUT2D eigenvalue weighted by molar-refractivity contribution is -0.131. The third-order valence-corrected chi connectivity index (χ3v) is 4.16. The van der Waals surface area contributed by atoms with Gasteiger partial charge in [-0.05, 0) is 42.5 Å².